The van der Waals surface area contributed by atoms with Gasteiger partial charge in [0, 0.05) is 6.42 Å². The zero-order valence-electron chi connectivity index (χ0n) is 14.1. The molecule has 3 rings (SSSR count). The van der Waals surface area contributed by atoms with Gasteiger partial charge in [-0.05, 0) is 47.6 Å². The van der Waals surface area contributed by atoms with Crippen molar-refractivity contribution in [2.75, 3.05) is 0 Å². The first kappa shape index (κ1) is 18.9. The Hall–Kier alpha value is -2.87. The molecule has 0 aliphatic heterocycles. The fourth-order valence-corrected chi connectivity index (χ4v) is 2.76. The van der Waals surface area contributed by atoms with E-state index in [9.17, 15) is 22.8 Å². The highest BCUT2D eigenvalue weighted by atomic mass is 19.2. The summed E-state index contributed by atoms with van der Waals surface area (Å²) in [6.07, 6.45) is 2.26. The van der Waals surface area contributed by atoms with Crippen molar-refractivity contribution in [3.8, 4) is 11.1 Å². The van der Waals surface area contributed by atoms with E-state index in [1.165, 1.54) is 29.7 Å². The summed E-state index contributed by atoms with van der Waals surface area (Å²) in [5.41, 5.74) is 2.40. The number of halogens is 3. The molecule has 2 amide bonds. The van der Waals surface area contributed by atoms with Crippen LogP contribution in [0.4, 0.5) is 13.2 Å². The maximum Gasteiger partial charge on any atom is 0.270 e. The molecule has 1 saturated carbocycles. The average molecular weight is 378 g/mol. The maximum absolute atomic E-state index is 13.4. The van der Waals surface area contributed by atoms with Gasteiger partial charge in [-0.25, -0.2) is 18.7 Å². The van der Waals surface area contributed by atoms with E-state index in [-0.39, 0.29) is 11.5 Å². The second-order valence-corrected chi connectivity index (χ2v) is 6.50. The third kappa shape index (κ3) is 4.46. The largest absolute Gasteiger partial charge is 0.340 e. The van der Waals surface area contributed by atoms with Crippen LogP contribution in [0.5, 0.6) is 0 Å². The molecule has 1 fully saturated rings. The molecule has 8 heteroatoms. The van der Waals surface area contributed by atoms with Gasteiger partial charge in [0.2, 0.25) is 5.91 Å². The molecule has 0 spiro atoms. The molecule has 0 radical (unpaired) electrons. The lowest BCUT2D eigenvalue weighted by Gasteiger charge is -2.17. The molecular weight excluding hydrogens is 361 g/mol. The Bertz CT molecular complexity index is 844. The SMILES string of the molecule is O=C(CC1CC1)N[C@@H](C(=O)NO)c1ccc(-c2cc(F)c(F)c(F)c2)cc1. The van der Waals surface area contributed by atoms with Gasteiger partial charge in [0.15, 0.2) is 17.5 Å². The van der Waals surface area contributed by atoms with E-state index in [1.807, 2.05) is 0 Å². The van der Waals surface area contributed by atoms with Crippen LogP contribution in [0.15, 0.2) is 36.4 Å². The Morgan fingerprint density at radius 1 is 1.04 bits per heavy atom. The lowest BCUT2D eigenvalue weighted by Crippen LogP contribution is -2.39. The van der Waals surface area contributed by atoms with E-state index in [2.05, 4.69) is 5.32 Å². The zero-order valence-corrected chi connectivity index (χ0v) is 14.1. The molecule has 1 aliphatic rings. The number of carbonyl (C=O) groups excluding carboxylic acids is 2. The minimum absolute atomic E-state index is 0.124. The quantitative estimate of drug-likeness (QED) is 0.410. The smallest absolute Gasteiger partial charge is 0.270 e. The minimum Gasteiger partial charge on any atom is -0.340 e. The summed E-state index contributed by atoms with van der Waals surface area (Å²) in [6, 6.07) is 6.53. The second kappa shape index (κ2) is 7.79. The topological polar surface area (TPSA) is 78.4 Å². The van der Waals surface area contributed by atoms with Gasteiger partial charge in [-0.15, -0.1) is 0 Å². The minimum atomic E-state index is -1.55. The molecule has 2 aromatic carbocycles. The number of rotatable bonds is 6. The number of hydroxylamine groups is 1. The van der Waals surface area contributed by atoms with Crippen molar-refractivity contribution in [3.63, 3.8) is 0 Å². The Morgan fingerprint density at radius 3 is 2.15 bits per heavy atom. The molecule has 3 N–H and O–H groups in total. The van der Waals surface area contributed by atoms with Crippen molar-refractivity contribution in [2.45, 2.75) is 25.3 Å². The van der Waals surface area contributed by atoms with Gasteiger partial charge in [0.05, 0.1) is 0 Å². The zero-order chi connectivity index (χ0) is 19.6. The van der Waals surface area contributed by atoms with Gasteiger partial charge in [-0.2, -0.15) is 0 Å². The average Bonchev–Trinajstić information content (AvgIpc) is 3.47. The van der Waals surface area contributed by atoms with Gasteiger partial charge >= 0.3 is 0 Å². The summed E-state index contributed by atoms with van der Waals surface area (Å²) in [7, 11) is 0. The van der Waals surface area contributed by atoms with Crippen molar-refractivity contribution >= 4 is 11.8 Å². The normalized spacial score (nSPS) is 14.5. The number of carbonyl (C=O) groups is 2. The molecule has 142 valence electrons. The van der Waals surface area contributed by atoms with Crippen molar-refractivity contribution < 1.29 is 28.0 Å². The second-order valence-electron chi connectivity index (χ2n) is 6.50. The molecule has 0 saturated heterocycles. The molecule has 0 bridgehead atoms. The van der Waals surface area contributed by atoms with Crippen LogP contribution in [0.25, 0.3) is 11.1 Å². The molecule has 27 heavy (non-hydrogen) atoms. The van der Waals surface area contributed by atoms with E-state index in [4.69, 9.17) is 5.21 Å². The van der Waals surface area contributed by atoms with Crippen molar-refractivity contribution in [1.29, 1.82) is 0 Å². The van der Waals surface area contributed by atoms with Crippen LogP contribution in [0, 0.1) is 23.4 Å². The first-order valence-electron chi connectivity index (χ1n) is 8.37. The fourth-order valence-electron chi connectivity index (χ4n) is 2.76. The summed E-state index contributed by atoms with van der Waals surface area (Å²) in [6.45, 7) is 0. The standard InChI is InChI=1S/C19H17F3N2O3/c20-14-8-13(9-15(21)17(14)22)11-3-5-12(6-4-11)18(19(26)24-27)23-16(25)7-10-1-2-10/h3-6,8-10,18,27H,1-2,7H2,(H,23,25)(H,24,26)/t18-/m1/s1. The van der Waals surface area contributed by atoms with Gasteiger partial charge < -0.3 is 5.32 Å². The van der Waals surface area contributed by atoms with Crippen LogP contribution < -0.4 is 10.8 Å². The molecule has 0 aromatic heterocycles. The van der Waals surface area contributed by atoms with Crippen LogP contribution in [0.1, 0.15) is 30.9 Å². The number of benzene rings is 2. The Labute approximate surface area is 153 Å². The van der Waals surface area contributed by atoms with E-state index >= 15 is 0 Å². The van der Waals surface area contributed by atoms with Gasteiger partial charge in [-0.3, -0.25) is 14.8 Å². The number of hydrogen-bond acceptors (Lipinski definition) is 3. The van der Waals surface area contributed by atoms with Crippen LogP contribution >= 0.6 is 0 Å². The Balaban J connectivity index is 1.82. The Kier molecular flexibility index (Phi) is 5.46. The molecule has 0 unspecified atom stereocenters. The van der Waals surface area contributed by atoms with Crippen LogP contribution in [0.3, 0.4) is 0 Å². The summed E-state index contributed by atoms with van der Waals surface area (Å²) in [5.74, 6) is -4.96. The first-order valence-corrected chi connectivity index (χ1v) is 8.37. The van der Waals surface area contributed by atoms with E-state index in [0.29, 0.717) is 23.5 Å². The third-order valence-corrected chi connectivity index (χ3v) is 4.41. The van der Waals surface area contributed by atoms with Gasteiger partial charge in [0.1, 0.15) is 6.04 Å². The third-order valence-electron chi connectivity index (χ3n) is 4.41. The van der Waals surface area contributed by atoms with Crippen molar-refractivity contribution in [2.24, 2.45) is 5.92 Å². The summed E-state index contributed by atoms with van der Waals surface area (Å²) in [5, 5.41) is 11.5. The lowest BCUT2D eigenvalue weighted by atomic mass is 10.00. The fraction of sp³-hybridized carbons (Fsp3) is 0.263. The predicted molar refractivity (Wildman–Crippen MR) is 89.9 cm³/mol. The van der Waals surface area contributed by atoms with E-state index in [1.54, 1.807) is 0 Å². The summed E-state index contributed by atoms with van der Waals surface area (Å²) < 4.78 is 39.9. The maximum atomic E-state index is 13.4. The molecule has 2 aromatic rings. The highest BCUT2D eigenvalue weighted by molar-refractivity contribution is 5.88. The highest BCUT2D eigenvalue weighted by Crippen LogP contribution is 2.32. The highest BCUT2D eigenvalue weighted by Gasteiger charge is 2.28. The van der Waals surface area contributed by atoms with Crippen molar-refractivity contribution in [3.05, 3.63) is 59.4 Å². The van der Waals surface area contributed by atoms with E-state index in [0.717, 1.165) is 25.0 Å². The summed E-state index contributed by atoms with van der Waals surface area (Å²) >= 11 is 0. The first-order chi connectivity index (χ1) is 12.9. The van der Waals surface area contributed by atoms with Crippen LogP contribution in [-0.4, -0.2) is 17.0 Å². The Morgan fingerprint density at radius 2 is 1.63 bits per heavy atom. The van der Waals surface area contributed by atoms with Crippen LogP contribution in [-0.2, 0) is 9.59 Å². The lowest BCUT2D eigenvalue weighted by molar-refractivity contribution is -0.135. The molecular formula is C19H17F3N2O3. The summed E-state index contributed by atoms with van der Waals surface area (Å²) in [4.78, 5) is 23.9. The van der Waals surface area contributed by atoms with Gasteiger partial charge in [0.25, 0.3) is 5.91 Å². The van der Waals surface area contributed by atoms with E-state index < -0.39 is 29.4 Å². The number of nitrogens with one attached hydrogen (secondary N) is 2. The molecule has 1 aliphatic carbocycles. The molecule has 0 heterocycles. The predicted octanol–water partition coefficient (Wildman–Crippen LogP) is 3.23. The number of amides is 2. The van der Waals surface area contributed by atoms with Gasteiger partial charge in [-0.1, -0.05) is 24.3 Å². The monoisotopic (exact) mass is 378 g/mol. The van der Waals surface area contributed by atoms with Crippen LogP contribution in [0.2, 0.25) is 0 Å². The van der Waals surface area contributed by atoms with Crippen molar-refractivity contribution in [1.82, 2.24) is 10.8 Å². The number of hydrogen-bond donors (Lipinski definition) is 3. The molecule has 1 atom stereocenters. The molecule has 5 nitrogen and oxygen atoms in total.